The summed E-state index contributed by atoms with van der Waals surface area (Å²) in [6, 6.07) is 22.5. The number of imide groups is 1. The van der Waals surface area contributed by atoms with Crippen LogP contribution in [0.1, 0.15) is 55.9 Å². The second-order valence-corrected chi connectivity index (χ2v) is 16.1. The number of allylic oxidation sites excluding steroid dienone is 1. The van der Waals surface area contributed by atoms with Crippen molar-refractivity contribution in [2.24, 2.45) is 0 Å². The number of aliphatic hydroxyl groups is 1. The minimum atomic E-state index is -4.03. The highest BCUT2D eigenvalue weighted by Gasteiger charge is 2.38. The van der Waals surface area contributed by atoms with Crippen LogP contribution in [-0.2, 0) is 24.3 Å². The van der Waals surface area contributed by atoms with Crippen molar-refractivity contribution in [3.8, 4) is 5.75 Å². The van der Waals surface area contributed by atoms with Crippen molar-refractivity contribution >= 4 is 67.5 Å². The van der Waals surface area contributed by atoms with Crippen molar-refractivity contribution in [2.45, 2.75) is 37.4 Å². The van der Waals surface area contributed by atoms with Crippen LogP contribution in [0.25, 0.3) is 10.9 Å². The minimum Gasteiger partial charge on any atom is -0.497 e. The van der Waals surface area contributed by atoms with Crippen LogP contribution in [0.4, 0.5) is 11.4 Å². The summed E-state index contributed by atoms with van der Waals surface area (Å²) in [5.74, 6) is -1.90. The number of benzene rings is 4. The molecular formula is C42H39ClN4O10S. The van der Waals surface area contributed by atoms with Crippen molar-refractivity contribution in [3.63, 3.8) is 0 Å². The fraction of sp³-hybridized carbons (Fsp3) is 0.238. The number of rotatable bonds is 13. The highest BCUT2D eigenvalue weighted by molar-refractivity contribution is 7.89. The van der Waals surface area contributed by atoms with Crippen molar-refractivity contribution in [2.75, 3.05) is 43.6 Å². The molecule has 0 unspecified atom stereocenters. The third-order valence-corrected chi connectivity index (χ3v) is 12.1. The molecule has 14 nitrogen and oxygen atoms in total. The molecule has 2 atom stereocenters. The summed E-state index contributed by atoms with van der Waals surface area (Å²) >= 11 is 6.09. The Morgan fingerprint density at radius 1 is 0.983 bits per heavy atom. The maximum absolute atomic E-state index is 13.9. The first-order valence-electron chi connectivity index (χ1n) is 18.3. The lowest BCUT2D eigenvalue weighted by molar-refractivity contribution is -0.143. The van der Waals surface area contributed by atoms with Crippen LogP contribution in [0.15, 0.2) is 108 Å². The predicted octanol–water partition coefficient (Wildman–Crippen LogP) is 6.12. The SMILES string of the molecule is COc1ccc(S(=O)(=O)N(CCO)CCO[C@@H]2C[C@H](c3cn(C(C)=O)c4ccccc34)C=C(C(=O)Nc3ccc(N4C(=O)c5ccc(Cl)cc5C4=O)c(C)c3)O2)cc1. The van der Waals surface area contributed by atoms with Crippen LogP contribution in [0.3, 0.4) is 0 Å². The number of hydrogen-bond acceptors (Lipinski definition) is 10. The van der Waals surface area contributed by atoms with Crippen LogP contribution in [0, 0.1) is 6.92 Å². The number of aliphatic hydroxyl groups excluding tert-OH is 1. The average molecular weight is 827 g/mol. The summed E-state index contributed by atoms with van der Waals surface area (Å²) in [6.07, 6.45) is 2.57. The second kappa shape index (κ2) is 16.6. The lowest BCUT2D eigenvalue weighted by atomic mass is 9.92. The Morgan fingerprint density at radius 2 is 1.72 bits per heavy atom. The van der Waals surface area contributed by atoms with Gasteiger partial charge in [0.15, 0.2) is 5.76 Å². The number of hydrogen-bond donors (Lipinski definition) is 2. The first kappa shape index (κ1) is 40.4. The van der Waals surface area contributed by atoms with E-state index in [9.17, 15) is 32.7 Å². The lowest BCUT2D eigenvalue weighted by Crippen LogP contribution is -2.37. The van der Waals surface area contributed by atoms with Crippen molar-refractivity contribution in [1.29, 1.82) is 0 Å². The third kappa shape index (κ3) is 7.86. The molecule has 0 saturated carbocycles. The zero-order chi connectivity index (χ0) is 41.3. The standard InChI is InChI=1S/C42H39ClN4O10S/c1-25-20-29(9-15-36(25)47-41(51)33-14-8-28(43)23-34(33)42(47)52)44-40(50)38-21-27(35-24-46(26(2)49)37-7-5-4-6-32(35)37)22-39(57-38)56-19-17-45(16-18-48)58(53,54)31-12-10-30(55-3)11-13-31/h4-15,20-21,23-24,27,39,48H,16-19,22H2,1-3H3,(H,44,50)/t27-,39+/m1/s1. The molecule has 3 amide bonds. The molecule has 1 aromatic heterocycles. The van der Waals surface area contributed by atoms with Gasteiger partial charge in [-0.3, -0.25) is 23.7 Å². The zero-order valence-corrected chi connectivity index (χ0v) is 33.2. The van der Waals surface area contributed by atoms with Gasteiger partial charge in [0.2, 0.25) is 22.2 Å². The first-order valence-corrected chi connectivity index (χ1v) is 20.1. The van der Waals surface area contributed by atoms with Crippen LogP contribution < -0.4 is 15.0 Å². The van der Waals surface area contributed by atoms with Crippen molar-refractivity contribution < 1.29 is 46.9 Å². The molecule has 300 valence electrons. The number of halogens is 1. The summed E-state index contributed by atoms with van der Waals surface area (Å²) < 4.78 is 47.0. The number of carbonyl (C=O) groups is 4. The Hall–Kier alpha value is -5.84. The number of carbonyl (C=O) groups excluding carboxylic acids is 4. The third-order valence-electron chi connectivity index (χ3n) is 10.00. The predicted molar refractivity (Wildman–Crippen MR) is 216 cm³/mol. The molecule has 16 heteroatoms. The summed E-state index contributed by atoms with van der Waals surface area (Å²) in [7, 11) is -2.55. The monoisotopic (exact) mass is 826 g/mol. The quantitative estimate of drug-likeness (QED) is 0.132. The molecule has 0 saturated heterocycles. The van der Waals surface area contributed by atoms with Crippen LogP contribution in [-0.4, -0.2) is 85.7 Å². The van der Waals surface area contributed by atoms with E-state index < -0.39 is 46.6 Å². The van der Waals surface area contributed by atoms with E-state index in [1.54, 1.807) is 43.5 Å². The molecule has 0 radical (unpaired) electrons. The van der Waals surface area contributed by atoms with Crippen LogP contribution >= 0.6 is 11.6 Å². The Morgan fingerprint density at radius 3 is 2.43 bits per heavy atom. The normalized spacial score (nSPS) is 16.7. The summed E-state index contributed by atoms with van der Waals surface area (Å²) in [4.78, 5) is 54.1. The number of anilines is 2. The molecule has 2 N–H and O–H groups in total. The van der Waals surface area contributed by atoms with E-state index in [2.05, 4.69) is 5.32 Å². The van der Waals surface area contributed by atoms with Gasteiger partial charge in [-0.25, -0.2) is 13.3 Å². The lowest BCUT2D eigenvalue weighted by Gasteiger charge is -2.30. The highest BCUT2D eigenvalue weighted by Crippen LogP contribution is 2.38. The van der Waals surface area contributed by atoms with Gasteiger partial charge in [0.1, 0.15) is 5.75 Å². The van der Waals surface area contributed by atoms with Gasteiger partial charge in [-0.15, -0.1) is 0 Å². The van der Waals surface area contributed by atoms with Gasteiger partial charge in [0, 0.05) is 54.6 Å². The van der Waals surface area contributed by atoms with Gasteiger partial charge in [-0.2, -0.15) is 4.31 Å². The number of aromatic nitrogens is 1. The zero-order valence-electron chi connectivity index (χ0n) is 31.7. The molecule has 7 rings (SSSR count). The Labute approximate surface area is 339 Å². The van der Waals surface area contributed by atoms with E-state index in [0.717, 1.165) is 20.2 Å². The summed E-state index contributed by atoms with van der Waals surface area (Å²) in [5, 5.41) is 13.7. The average Bonchev–Trinajstić information content (AvgIpc) is 3.72. The minimum absolute atomic E-state index is 0.0105. The molecule has 0 fully saturated rings. The highest BCUT2D eigenvalue weighted by atomic mass is 35.5. The molecule has 2 aliphatic rings. The van der Waals surface area contributed by atoms with E-state index >= 15 is 0 Å². The molecule has 0 spiro atoms. The van der Waals surface area contributed by atoms with Gasteiger partial charge in [-0.05, 0) is 90.9 Å². The number of sulfonamides is 1. The molecule has 4 aromatic carbocycles. The fourth-order valence-electron chi connectivity index (χ4n) is 7.15. The Balaban J connectivity index is 1.13. The van der Waals surface area contributed by atoms with Gasteiger partial charge in [0.05, 0.1) is 47.6 Å². The van der Waals surface area contributed by atoms with Gasteiger partial charge < -0.3 is 24.6 Å². The number of nitrogens with one attached hydrogen (secondary N) is 1. The van der Waals surface area contributed by atoms with E-state index in [-0.39, 0.29) is 53.8 Å². The molecule has 5 aromatic rings. The number of fused-ring (bicyclic) bond motifs is 2. The summed E-state index contributed by atoms with van der Waals surface area (Å²) in [5.41, 5.74) is 3.11. The maximum atomic E-state index is 13.9. The number of para-hydroxylation sites is 1. The number of aryl methyl sites for hydroxylation is 1. The fourth-order valence-corrected chi connectivity index (χ4v) is 8.74. The molecule has 2 aliphatic heterocycles. The molecule has 0 bridgehead atoms. The van der Waals surface area contributed by atoms with E-state index in [0.29, 0.717) is 33.2 Å². The van der Waals surface area contributed by atoms with Gasteiger partial charge >= 0.3 is 0 Å². The number of amides is 3. The Kier molecular flexibility index (Phi) is 11.5. The molecule has 58 heavy (non-hydrogen) atoms. The molecular weight excluding hydrogens is 788 g/mol. The largest absolute Gasteiger partial charge is 0.497 e. The van der Waals surface area contributed by atoms with Crippen molar-refractivity contribution in [3.05, 3.63) is 130 Å². The van der Waals surface area contributed by atoms with Gasteiger partial charge in [-0.1, -0.05) is 29.8 Å². The molecule has 0 aliphatic carbocycles. The second-order valence-electron chi connectivity index (χ2n) is 13.7. The Bertz CT molecular complexity index is 2590. The maximum Gasteiger partial charge on any atom is 0.290 e. The number of ether oxygens (including phenoxy) is 3. The van der Waals surface area contributed by atoms with E-state index in [1.807, 2.05) is 24.3 Å². The molecule has 3 heterocycles. The van der Waals surface area contributed by atoms with E-state index in [4.69, 9.17) is 25.8 Å². The summed E-state index contributed by atoms with van der Waals surface area (Å²) in [6.45, 7) is 2.25. The number of methoxy groups -OCH3 is 1. The first-order chi connectivity index (χ1) is 27.8. The smallest absolute Gasteiger partial charge is 0.290 e. The topological polar surface area (TPSA) is 174 Å². The van der Waals surface area contributed by atoms with Gasteiger partial charge in [0.25, 0.3) is 17.7 Å². The van der Waals surface area contributed by atoms with E-state index in [1.165, 1.54) is 55.0 Å². The van der Waals surface area contributed by atoms with Crippen molar-refractivity contribution in [1.82, 2.24) is 8.87 Å². The number of nitrogens with zero attached hydrogens (tertiary/aromatic N) is 3. The van der Waals surface area contributed by atoms with Crippen LogP contribution in [0.5, 0.6) is 5.75 Å². The van der Waals surface area contributed by atoms with Crippen LogP contribution in [0.2, 0.25) is 5.02 Å².